The van der Waals surface area contributed by atoms with Gasteiger partial charge in [0, 0.05) is 31.8 Å². The Hall–Kier alpha value is -4.44. The molecule has 1 saturated heterocycles. The standard InChI is InChI=1S/C33H37N5O6S/c1-22(31(39)36(2)3)35-33(27-14-8-24(19-30(27)44-5)21-37-16-6-7-17-37)28-18-23(20-34)9-15-29(28)38(32(33)40)45(41,42)26-12-10-25(43-4)11-13-26/h8-15,18-19,22,35H,6-7,16-17,21H2,1-5H3/t22?,33-/m1/s1. The third-order valence-electron chi connectivity index (χ3n) is 8.37. The molecular formula is C33H37N5O6S. The zero-order valence-electron chi connectivity index (χ0n) is 26.0. The van der Waals surface area contributed by atoms with Gasteiger partial charge >= 0.3 is 0 Å². The molecule has 2 atom stereocenters. The summed E-state index contributed by atoms with van der Waals surface area (Å²) in [6, 6.07) is 16.8. The van der Waals surface area contributed by atoms with Crippen LogP contribution in [0, 0.1) is 11.3 Å². The van der Waals surface area contributed by atoms with Crippen LogP contribution in [0.2, 0.25) is 0 Å². The zero-order valence-corrected chi connectivity index (χ0v) is 26.8. The molecule has 0 aromatic heterocycles. The van der Waals surface area contributed by atoms with Gasteiger partial charge in [-0.2, -0.15) is 5.26 Å². The van der Waals surface area contributed by atoms with E-state index >= 15 is 0 Å². The summed E-state index contributed by atoms with van der Waals surface area (Å²) < 4.78 is 40.4. The normalized spacial score (nSPS) is 18.8. The van der Waals surface area contributed by atoms with Crippen LogP contribution in [-0.4, -0.2) is 77.5 Å². The minimum absolute atomic E-state index is 0.0648. The van der Waals surface area contributed by atoms with Crippen molar-refractivity contribution in [2.24, 2.45) is 0 Å². The van der Waals surface area contributed by atoms with Crippen molar-refractivity contribution in [2.75, 3.05) is 45.7 Å². The maximum Gasteiger partial charge on any atom is 0.270 e. The van der Waals surface area contributed by atoms with Crippen LogP contribution in [-0.2, 0) is 31.7 Å². The van der Waals surface area contributed by atoms with Gasteiger partial charge in [0.05, 0.1) is 42.5 Å². The van der Waals surface area contributed by atoms with Crippen molar-refractivity contribution >= 4 is 27.5 Å². The number of nitrogens with zero attached hydrogens (tertiary/aromatic N) is 4. The monoisotopic (exact) mass is 631 g/mol. The number of amides is 2. The Morgan fingerprint density at radius 1 is 1.02 bits per heavy atom. The molecule has 1 unspecified atom stereocenters. The summed E-state index contributed by atoms with van der Waals surface area (Å²) in [7, 11) is 1.67. The molecule has 2 aliphatic heterocycles. The van der Waals surface area contributed by atoms with Gasteiger partial charge in [0.25, 0.3) is 15.9 Å². The average Bonchev–Trinajstić information content (AvgIpc) is 3.64. The highest BCUT2D eigenvalue weighted by Gasteiger charge is 2.58. The van der Waals surface area contributed by atoms with Crippen molar-refractivity contribution in [3.63, 3.8) is 0 Å². The van der Waals surface area contributed by atoms with E-state index in [4.69, 9.17) is 9.47 Å². The van der Waals surface area contributed by atoms with Crippen LogP contribution < -0.4 is 19.1 Å². The number of nitrogens with one attached hydrogen (secondary N) is 1. The second-order valence-corrected chi connectivity index (χ2v) is 13.2. The van der Waals surface area contributed by atoms with Gasteiger partial charge in [-0.25, -0.2) is 12.7 Å². The lowest BCUT2D eigenvalue weighted by Crippen LogP contribution is -2.58. The number of ether oxygens (including phenoxy) is 2. The van der Waals surface area contributed by atoms with Crippen LogP contribution in [0.15, 0.2) is 65.6 Å². The first-order valence-electron chi connectivity index (χ1n) is 14.6. The maximum absolute atomic E-state index is 15.0. The van der Waals surface area contributed by atoms with Gasteiger partial charge in [-0.05, 0) is 86.9 Å². The van der Waals surface area contributed by atoms with Gasteiger partial charge in [-0.15, -0.1) is 0 Å². The maximum atomic E-state index is 15.0. The Labute approximate surface area is 264 Å². The molecule has 11 nitrogen and oxygen atoms in total. The molecule has 3 aromatic rings. The van der Waals surface area contributed by atoms with Crippen LogP contribution >= 0.6 is 0 Å². The number of nitriles is 1. The first kappa shape index (κ1) is 32.0. The van der Waals surface area contributed by atoms with Crippen LogP contribution in [0.4, 0.5) is 5.69 Å². The Morgan fingerprint density at radius 2 is 1.71 bits per heavy atom. The molecule has 0 saturated carbocycles. The van der Waals surface area contributed by atoms with Crippen molar-refractivity contribution in [1.82, 2.24) is 15.1 Å². The van der Waals surface area contributed by atoms with E-state index < -0.39 is 27.5 Å². The number of carbonyl (C=O) groups is 2. The number of hydrogen-bond acceptors (Lipinski definition) is 9. The lowest BCUT2D eigenvalue weighted by Gasteiger charge is -2.35. The van der Waals surface area contributed by atoms with Crippen LogP contribution in [0.25, 0.3) is 0 Å². The summed E-state index contributed by atoms with van der Waals surface area (Å²) >= 11 is 0. The van der Waals surface area contributed by atoms with Gasteiger partial charge in [0.1, 0.15) is 11.5 Å². The lowest BCUT2D eigenvalue weighted by molar-refractivity contribution is -0.131. The van der Waals surface area contributed by atoms with E-state index in [0.29, 0.717) is 23.6 Å². The van der Waals surface area contributed by atoms with Crippen molar-refractivity contribution in [2.45, 2.75) is 42.8 Å². The van der Waals surface area contributed by atoms with E-state index in [1.54, 1.807) is 27.1 Å². The number of fused-ring (bicyclic) bond motifs is 1. The fourth-order valence-electron chi connectivity index (χ4n) is 6.15. The first-order valence-corrected chi connectivity index (χ1v) is 16.1. The highest BCUT2D eigenvalue weighted by atomic mass is 32.2. The molecule has 1 fully saturated rings. The number of carbonyl (C=O) groups excluding carboxylic acids is 2. The summed E-state index contributed by atoms with van der Waals surface area (Å²) in [6.45, 7) is 4.27. The highest BCUT2D eigenvalue weighted by Crippen LogP contribution is 2.50. The minimum Gasteiger partial charge on any atom is -0.497 e. The summed E-state index contributed by atoms with van der Waals surface area (Å²) in [5.74, 6) is -0.394. The zero-order chi connectivity index (χ0) is 32.5. The summed E-state index contributed by atoms with van der Waals surface area (Å²) in [4.78, 5) is 31.8. The molecule has 3 aromatic carbocycles. The quantitative estimate of drug-likeness (QED) is 0.358. The number of likely N-dealkylation sites (tertiary alicyclic amines) is 1. The Balaban J connectivity index is 1.75. The molecule has 236 valence electrons. The van der Waals surface area contributed by atoms with Crippen LogP contribution in [0.3, 0.4) is 0 Å². The summed E-state index contributed by atoms with van der Waals surface area (Å²) in [6.07, 6.45) is 2.26. The van der Waals surface area contributed by atoms with Gasteiger partial charge in [0.2, 0.25) is 5.91 Å². The van der Waals surface area contributed by atoms with Crippen molar-refractivity contribution in [1.29, 1.82) is 5.26 Å². The molecule has 1 N–H and O–H groups in total. The van der Waals surface area contributed by atoms with Crippen molar-refractivity contribution < 1.29 is 27.5 Å². The van der Waals surface area contributed by atoms with E-state index in [0.717, 1.165) is 35.8 Å². The number of methoxy groups -OCH3 is 2. The number of anilines is 1. The lowest BCUT2D eigenvalue weighted by atomic mass is 9.81. The molecule has 2 amide bonds. The SMILES string of the molecule is COc1ccc(S(=O)(=O)N2C(=O)[C@@](NC(C)C(=O)N(C)C)(c3ccc(CN4CCCC4)cc3OC)c3cc(C#N)ccc32)cc1. The number of rotatable bonds is 10. The molecular weight excluding hydrogens is 594 g/mol. The highest BCUT2D eigenvalue weighted by molar-refractivity contribution is 7.93. The van der Waals surface area contributed by atoms with Crippen molar-refractivity contribution in [3.05, 3.63) is 82.9 Å². The first-order chi connectivity index (χ1) is 21.5. The molecule has 45 heavy (non-hydrogen) atoms. The number of benzene rings is 3. The number of hydrogen-bond donors (Lipinski definition) is 1. The van der Waals surface area contributed by atoms with E-state index in [1.165, 1.54) is 61.6 Å². The van der Waals surface area contributed by atoms with Gasteiger partial charge in [-0.3, -0.25) is 19.8 Å². The number of sulfonamides is 1. The smallest absolute Gasteiger partial charge is 0.270 e. The Bertz CT molecular complexity index is 1760. The molecule has 12 heteroatoms. The number of likely N-dealkylation sites (N-methyl/N-ethyl adjacent to an activating group) is 1. The largest absolute Gasteiger partial charge is 0.497 e. The average molecular weight is 632 g/mol. The summed E-state index contributed by atoms with van der Waals surface area (Å²) in [5, 5.41) is 13.1. The van der Waals surface area contributed by atoms with E-state index in [2.05, 4.69) is 16.3 Å². The van der Waals surface area contributed by atoms with Crippen LogP contribution in [0.5, 0.6) is 11.5 Å². The second-order valence-electron chi connectivity index (χ2n) is 11.5. The molecule has 5 rings (SSSR count). The van der Waals surface area contributed by atoms with Gasteiger partial charge < -0.3 is 14.4 Å². The van der Waals surface area contributed by atoms with Crippen LogP contribution in [0.1, 0.15) is 42.0 Å². The van der Waals surface area contributed by atoms with Gasteiger partial charge in [-0.1, -0.05) is 12.1 Å². The van der Waals surface area contributed by atoms with E-state index in [1.807, 2.05) is 12.1 Å². The Kier molecular flexibility index (Phi) is 8.89. The predicted octanol–water partition coefficient (Wildman–Crippen LogP) is 3.22. The molecule has 0 radical (unpaired) electrons. The predicted molar refractivity (Wildman–Crippen MR) is 168 cm³/mol. The topological polar surface area (TPSA) is 132 Å². The minimum atomic E-state index is -4.48. The third-order valence-corrected chi connectivity index (χ3v) is 10.1. The molecule has 0 spiro atoms. The molecule has 2 aliphatic rings. The fourth-order valence-corrected chi connectivity index (χ4v) is 7.61. The molecule has 2 heterocycles. The van der Waals surface area contributed by atoms with E-state index in [9.17, 15) is 23.3 Å². The summed E-state index contributed by atoms with van der Waals surface area (Å²) in [5.41, 5.74) is -0.133. The third kappa shape index (κ3) is 5.63. The van der Waals surface area contributed by atoms with Gasteiger partial charge in [0.15, 0.2) is 5.54 Å². The molecule has 0 bridgehead atoms. The van der Waals surface area contributed by atoms with E-state index in [-0.39, 0.29) is 27.6 Å². The second kappa shape index (κ2) is 12.5. The Morgan fingerprint density at radius 3 is 2.31 bits per heavy atom. The molecule has 0 aliphatic carbocycles. The van der Waals surface area contributed by atoms with Crippen molar-refractivity contribution in [3.8, 4) is 17.6 Å². The fraction of sp³-hybridized carbons (Fsp3) is 0.364.